The van der Waals surface area contributed by atoms with E-state index in [2.05, 4.69) is 6.92 Å². The van der Waals surface area contributed by atoms with E-state index in [4.69, 9.17) is 9.47 Å². The molecule has 0 heterocycles. The Morgan fingerprint density at radius 3 is 1.60 bits per heavy atom. The van der Waals surface area contributed by atoms with Crippen molar-refractivity contribution in [1.29, 1.82) is 0 Å². The molecule has 0 amide bonds. The van der Waals surface area contributed by atoms with Gasteiger partial charge in [0, 0.05) is 0 Å². The van der Waals surface area contributed by atoms with Gasteiger partial charge < -0.3 is 9.47 Å². The van der Waals surface area contributed by atoms with Crippen LogP contribution in [0.5, 0.6) is 11.5 Å². The van der Waals surface area contributed by atoms with Gasteiger partial charge in [-0.25, -0.2) is 9.59 Å². The number of ether oxygens (including phenoxy) is 2. The van der Waals surface area contributed by atoms with Gasteiger partial charge in [0.2, 0.25) is 0 Å². The Morgan fingerprint density at radius 2 is 1.13 bits per heavy atom. The standard InChI is InChI=1S/C26H26O4/c1-3-5-12-20-18-17-19(4-2)23(29-25(27)21-13-8-6-9-14-21)24(20)30-26(28)22-15-10-7-11-16-22/h6-11,13-18H,3-5,12H2,1-2H3. The topological polar surface area (TPSA) is 52.6 Å². The Labute approximate surface area is 177 Å². The maximum atomic E-state index is 12.8. The molecule has 0 aliphatic heterocycles. The first kappa shape index (κ1) is 21.3. The summed E-state index contributed by atoms with van der Waals surface area (Å²) >= 11 is 0. The van der Waals surface area contributed by atoms with Crippen LogP contribution in [0.25, 0.3) is 0 Å². The molecule has 0 fully saturated rings. The van der Waals surface area contributed by atoms with Crippen LogP contribution in [0.3, 0.4) is 0 Å². The molecule has 3 rings (SSSR count). The highest BCUT2D eigenvalue weighted by Gasteiger charge is 2.22. The van der Waals surface area contributed by atoms with E-state index in [0.717, 1.165) is 30.4 Å². The Bertz CT molecular complexity index is 994. The smallest absolute Gasteiger partial charge is 0.343 e. The number of hydrogen-bond acceptors (Lipinski definition) is 4. The maximum absolute atomic E-state index is 12.8. The summed E-state index contributed by atoms with van der Waals surface area (Å²) in [6.45, 7) is 4.08. The lowest BCUT2D eigenvalue weighted by Crippen LogP contribution is -2.15. The third-order valence-electron chi connectivity index (χ3n) is 4.86. The second-order valence-electron chi connectivity index (χ2n) is 7.01. The number of hydrogen-bond donors (Lipinski definition) is 0. The van der Waals surface area contributed by atoms with Crippen LogP contribution < -0.4 is 9.47 Å². The van der Waals surface area contributed by atoms with Crippen molar-refractivity contribution in [2.24, 2.45) is 0 Å². The monoisotopic (exact) mass is 402 g/mol. The minimum absolute atomic E-state index is 0.323. The molecule has 3 aromatic rings. The van der Waals surface area contributed by atoms with Gasteiger partial charge in [-0.2, -0.15) is 0 Å². The normalized spacial score (nSPS) is 10.5. The largest absolute Gasteiger partial charge is 0.419 e. The molecule has 0 saturated carbocycles. The SMILES string of the molecule is CCCCc1ccc(CC)c(OC(=O)c2ccccc2)c1OC(=O)c1ccccc1. The molecule has 3 aromatic carbocycles. The van der Waals surface area contributed by atoms with Crippen LogP contribution in [0.1, 0.15) is 58.5 Å². The molecule has 0 aliphatic carbocycles. The molecule has 0 N–H and O–H groups in total. The average Bonchev–Trinajstić information content (AvgIpc) is 2.80. The van der Waals surface area contributed by atoms with Gasteiger partial charge in [-0.1, -0.05) is 68.8 Å². The fourth-order valence-corrected chi connectivity index (χ4v) is 3.16. The van der Waals surface area contributed by atoms with Gasteiger partial charge >= 0.3 is 11.9 Å². The van der Waals surface area contributed by atoms with Gasteiger partial charge in [0.15, 0.2) is 11.5 Å². The van der Waals surface area contributed by atoms with E-state index < -0.39 is 11.9 Å². The molecule has 4 heteroatoms. The molecule has 0 unspecified atom stereocenters. The predicted octanol–water partition coefficient (Wildman–Crippen LogP) is 6.03. The zero-order chi connectivity index (χ0) is 21.3. The van der Waals surface area contributed by atoms with Crippen molar-refractivity contribution in [3.8, 4) is 11.5 Å². The number of aryl methyl sites for hydroxylation is 2. The summed E-state index contributed by atoms with van der Waals surface area (Å²) in [5.74, 6) is -0.293. The Kier molecular flexibility index (Phi) is 7.39. The Hall–Kier alpha value is -3.40. The molecule has 154 valence electrons. The number of carbonyl (C=O) groups is 2. The average molecular weight is 402 g/mol. The number of carbonyl (C=O) groups excluding carboxylic acids is 2. The summed E-state index contributed by atoms with van der Waals surface area (Å²) < 4.78 is 11.6. The molecule has 0 aliphatic rings. The van der Waals surface area contributed by atoms with Gasteiger partial charge in [-0.15, -0.1) is 0 Å². The van der Waals surface area contributed by atoms with Crippen LogP contribution in [0.2, 0.25) is 0 Å². The van der Waals surface area contributed by atoms with Crippen LogP contribution in [-0.4, -0.2) is 11.9 Å². The fraction of sp³-hybridized carbons (Fsp3) is 0.231. The quantitative estimate of drug-likeness (QED) is 0.341. The number of benzene rings is 3. The van der Waals surface area contributed by atoms with Crippen LogP contribution in [-0.2, 0) is 12.8 Å². The molecule has 0 bridgehead atoms. The van der Waals surface area contributed by atoms with Crippen molar-refractivity contribution in [2.75, 3.05) is 0 Å². The van der Waals surface area contributed by atoms with Gasteiger partial charge in [0.25, 0.3) is 0 Å². The highest BCUT2D eigenvalue weighted by atomic mass is 16.6. The summed E-state index contributed by atoms with van der Waals surface area (Å²) in [7, 11) is 0. The first-order valence-corrected chi connectivity index (χ1v) is 10.3. The summed E-state index contributed by atoms with van der Waals surface area (Å²) in [5.41, 5.74) is 2.56. The van der Waals surface area contributed by atoms with Gasteiger partial charge in [-0.3, -0.25) is 0 Å². The molecule has 0 aromatic heterocycles. The molecule has 0 radical (unpaired) electrons. The molecular formula is C26H26O4. The first-order chi connectivity index (χ1) is 14.6. The van der Waals surface area contributed by atoms with Crippen molar-refractivity contribution >= 4 is 11.9 Å². The highest BCUT2D eigenvalue weighted by molar-refractivity contribution is 5.93. The summed E-state index contributed by atoms with van der Waals surface area (Å²) in [6.07, 6.45) is 3.31. The fourth-order valence-electron chi connectivity index (χ4n) is 3.16. The molecule has 0 spiro atoms. The summed E-state index contributed by atoms with van der Waals surface area (Å²) in [5, 5.41) is 0. The Morgan fingerprint density at radius 1 is 0.667 bits per heavy atom. The summed E-state index contributed by atoms with van der Waals surface area (Å²) in [4.78, 5) is 25.5. The lowest BCUT2D eigenvalue weighted by Gasteiger charge is -2.18. The highest BCUT2D eigenvalue weighted by Crippen LogP contribution is 2.37. The Balaban J connectivity index is 2.01. The molecule has 4 nitrogen and oxygen atoms in total. The second kappa shape index (κ2) is 10.4. The van der Waals surface area contributed by atoms with Crippen LogP contribution >= 0.6 is 0 Å². The summed E-state index contributed by atoms with van der Waals surface area (Å²) in [6, 6.07) is 21.5. The third kappa shape index (κ3) is 5.15. The maximum Gasteiger partial charge on any atom is 0.343 e. The minimum Gasteiger partial charge on any atom is -0.419 e. The lowest BCUT2D eigenvalue weighted by molar-refractivity contribution is 0.0679. The number of unbranched alkanes of at least 4 members (excludes halogenated alkanes) is 1. The van der Waals surface area contributed by atoms with Crippen LogP contribution in [0.15, 0.2) is 72.8 Å². The van der Waals surface area contributed by atoms with Crippen LogP contribution in [0, 0.1) is 0 Å². The number of rotatable bonds is 8. The van der Waals surface area contributed by atoms with Crippen molar-refractivity contribution in [3.05, 3.63) is 95.1 Å². The lowest BCUT2D eigenvalue weighted by atomic mass is 10.0. The van der Waals surface area contributed by atoms with Gasteiger partial charge in [-0.05, 0) is 54.7 Å². The van der Waals surface area contributed by atoms with Crippen molar-refractivity contribution in [1.82, 2.24) is 0 Å². The minimum atomic E-state index is -0.477. The van der Waals surface area contributed by atoms with E-state index in [1.54, 1.807) is 48.5 Å². The zero-order valence-electron chi connectivity index (χ0n) is 17.4. The first-order valence-electron chi connectivity index (χ1n) is 10.3. The van der Waals surface area contributed by atoms with E-state index in [0.29, 0.717) is 29.0 Å². The second-order valence-corrected chi connectivity index (χ2v) is 7.01. The van der Waals surface area contributed by atoms with Crippen molar-refractivity contribution < 1.29 is 19.1 Å². The van der Waals surface area contributed by atoms with E-state index in [9.17, 15) is 9.59 Å². The zero-order valence-corrected chi connectivity index (χ0v) is 17.4. The van der Waals surface area contributed by atoms with E-state index in [1.807, 2.05) is 31.2 Å². The van der Waals surface area contributed by atoms with E-state index in [-0.39, 0.29) is 0 Å². The van der Waals surface area contributed by atoms with Crippen molar-refractivity contribution in [2.45, 2.75) is 39.5 Å². The van der Waals surface area contributed by atoms with Gasteiger partial charge in [0.1, 0.15) is 0 Å². The molecular weight excluding hydrogens is 376 g/mol. The van der Waals surface area contributed by atoms with Crippen molar-refractivity contribution in [3.63, 3.8) is 0 Å². The third-order valence-corrected chi connectivity index (χ3v) is 4.86. The number of esters is 2. The molecule has 0 atom stereocenters. The van der Waals surface area contributed by atoms with Gasteiger partial charge in [0.05, 0.1) is 11.1 Å². The molecule has 30 heavy (non-hydrogen) atoms. The van der Waals surface area contributed by atoms with Crippen LogP contribution in [0.4, 0.5) is 0 Å². The van der Waals surface area contributed by atoms with E-state index >= 15 is 0 Å². The van der Waals surface area contributed by atoms with E-state index in [1.165, 1.54) is 0 Å². The predicted molar refractivity (Wildman–Crippen MR) is 117 cm³/mol. The molecule has 0 saturated heterocycles.